The average Bonchev–Trinajstić information content (AvgIpc) is 2.91. The van der Waals surface area contributed by atoms with Crippen LogP contribution < -0.4 is 5.32 Å². The van der Waals surface area contributed by atoms with Crippen LogP contribution in [0.5, 0.6) is 0 Å². The molecule has 0 saturated carbocycles. The number of nitrogens with one attached hydrogen (secondary N) is 1. The number of nitrogens with zero attached hydrogens (tertiary/aromatic N) is 4. The predicted octanol–water partition coefficient (Wildman–Crippen LogP) is 6.62. The summed E-state index contributed by atoms with van der Waals surface area (Å²) >= 11 is 11.8. The monoisotopic (exact) mass is 535 g/mol. The summed E-state index contributed by atoms with van der Waals surface area (Å²) in [7, 11) is 0. The summed E-state index contributed by atoms with van der Waals surface area (Å²) in [5.74, 6) is 0.170. The summed E-state index contributed by atoms with van der Waals surface area (Å²) in [6.45, 7) is 2.57. The fraction of sp³-hybridized carbons (Fsp3) is 0.214. The molecule has 2 aromatic heterocycles. The Morgan fingerprint density at radius 2 is 1.70 bits per heavy atom. The largest absolute Gasteiger partial charge is 0.322 e. The minimum atomic E-state index is -0.313. The molecule has 1 fully saturated rings. The summed E-state index contributed by atoms with van der Waals surface area (Å²) in [6, 6.07) is 15.8. The molecule has 3 heterocycles. The summed E-state index contributed by atoms with van der Waals surface area (Å²) in [6.07, 6.45) is 6.39. The molecule has 0 radical (unpaired) electrons. The van der Waals surface area contributed by atoms with E-state index in [-0.39, 0.29) is 22.8 Å². The van der Waals surface area contributed by atoms with Gasteiger partial charge in [0.1, 0.15) is 11.0 Å². The molecule has 2 aromatic carbocycles. The van der Waals surface area contributed by atoms with Gasteiger partial charge in [0.25, 0.3) is 5.91 Å². The number of halogens is 3. The number of likely N-dealkylation sites (tertiary alicyclic amines) is 1. The third-order valence-corrected chi connectivity index (χ3v) is 6.92. The number of aromatic nitrogens is 3. The topological polar surface area (TPSA) is 71.0 Å². The summed E-state index contributed by atoms with van der Waals surface area (Å²) in [5.41, 5.74) is 3.98. The standard InChI is InChI=1S/C28H24Cl2FN5O/c29-22-15-33-27(34-16-22)20-3-1-18(2-4-20)17-36-11-8-19(9-12-36)24-14-23(31)5-6-25(24)35-28(37)21-7-10-32-26(30)13-21/h1-7,10,13-16,19H,8-9,11-12,17H2,(H,35,37). The van der Waals surface area contributed by atoms with E-state index in [0.29, 0.717) is 22.1 Å². The van der Waals surface area contributed by atoms with Gasteiger partial charge >= 0.3 is 0 Å². The van der Waals surface area contributed by atoms with Crippen molar-refractivity contribution in [3.05, 3.63) is 106 Å². The number of carbonyl (C=O) groups excluding carboxylic acids is 1. The van der Waals surface area contributed by atoms with Crippen LogP contribution in [0.2, 0.25) is 10.2 Å². The maximum atomic E-state index is 14.2. The van der Waals surface area contributed by atoms with Crippen molar-refractivity contribution in [2.75, 3.05) is 18.4 Å². The SMILES string of the molecule is O=C(Nc1ccc(F)cc1C1CCN(Cc2ccc(-c3ncc(Cl)cn3)cc2)CC1)c1ccnc(Cl)c1. The fourth-order valence-corrected chi connectivity index (χ4v) is 4.88. The number of benzene rings is 2. The van der Waals surface area contributed by atoms with Gasteiger partial charge < -0.3 is 5.32 Å². The molecule has 0 aliphatic carbocycles. The number of anilines is 1. The van der Waals surface area contributed by atoms with E-state index < -0.39 is 0 Å². The number of rotatable bonds is 6. The van der Waals surface area contributed by atoms with E-state index in [4.69, 9.17) is 23.2 Å². The lowest BCUT2D eigenvalue weighted by molar-refractivity contribution is 0.102. The average molecular weight is 536 g/mol. The Hall–Kier alpha value is -3.39. The zero-order chi connectivity index (χ0) is 25.8. The normalized spacial score (nSPS) is 14.5. The molecule has 4 aromatic rings. The zero-order valence-corrected chi connectivity index (χ0v) is 21.4. The van der Waals surface area contributed by atoms with Crippen molar-refractivity contribution >= 4 is 34.8 Å². The number of amides is 1. The molecule has 1 N–H and O–H groups in total. The maximum absolute atomic E-state index is 14.2. The number of pyridine rings is 1. The first-order valence-corrected chi connectivity index (χ1v) is 12.7. The molecule has 9 heteroatoms. The summed E-state index contributed by atoms with van der Waals surface area (Å²) < 4.78 is 14.2. The Balaban J connectivity index is 1.21. The molecule has 188 valence electrons. The van der Waals surface area contributed by atoms with Crippen LogP contribution in [-0.4, -0.2) is 38.8 Å². The van der Waals surface area contributed by atoms with Gasteiger partial charge in [0.05, 0.1) is 5.02 Å². The smallest absolute Gasteiger partial charge is 0.255 e. The Labute approximate surface area is 224 Å². The van der Waals surface area contributed by atoms with Crippen LogP contribution in [-0.2, 0) is 6.54 Å². The van der Waals surface area contributed by atoms with E-state index in [1.807, 2.05) is 12.1 Å². The lowest BCUT2D eigenvalue weighted by Gasteiger charge is -2.33. The van der Waals surface area contributed by atoms with E-state index in [1.165, 1.54) is 30.0 Å². The number of hydrogen-bond acceptors (Lipinski definition) is 5. The van der Waals surface area contributed by atoms with Gasteiger partial charge in [-0.25, -0.2) is 19.3 Å². The van der Waals surface area contributed by atoms with Crippen LogP contribution in [0.15, 0.2) is 73.2 Å². The molecule has 1 amide bonds. The zero-order valence-electron chi connectivity index (χ0n) is 19.9. The molecule has 1 aliphatic heterocycles. The second-order valence-corrected chi connectivity index (χ2v) is 9.85. The predicted molar refractivity (Wildman–Crippen MR) is 143 cm³/mol. The first-order valence-electron chi connectivity index (χ1n) is 12.0. The van der Waals surface area contributed by atoms with Gasteiger partial charge in [0.2, 0.25) is 0 Å². The lowest BCUT2D eigenvalue weighted by Crippen LogP contribution is -2.32. The number of carbonyl (C=O) groups is 1. The highest BCUT2D eigenvalue weighted by molar-refractivity contribution is 6.30. The molecular weight excluding hydrogens is 512 g/mol. The third kappa shape index (κ3) is 6.31. The van der Waals surface area contributed by atoms with Gasteiger partial charge in [-0.1, -0.05) is 47.5 Å². The lowest BCUT2D eigenvalue weighted by atomic mass is 9.88. The third-order valence-electron chi connectivity index (χ3n) is 6.52. The number of hydrogen-bond donors (Lipinski definition) is 1. The van der Waals surface area contributed by atoms with Crippen LogP contribution in [0.1, 0.15) is 40.2 Å². The molecular formula is C28H24Cl2FN5O. The molecule has 5 rings (SSSR count). The molecule has 1 saturated heterocycles. The highest BCUT2D eigenvalue weighted by Crippen LogP contribution is 2.34. The minimum absolute atomic E-state index is 0.146. The molecule has 37 heavy (non-hydrogen) atoms. The number of piperidine rings is 1. The van der Waals surface area contributed by atoms with Crippen molar-refractivity contribution in [2.45, 2.75) is 25.3 Å². The van der Waals surface area contributed by atoms with Crippen molar-refractivity contribution < 1.29 is 9.18 Å². The molecule has 0 bridgehead atoms. The highest BCUT2D eigenvalue weighted by atomic mass is 35.5. The van der Waals surface area contributed by atoms with E-state index in [0.717, 1.165) is 43.6 Å². The van der Waals surface area contributed by atoms with Gasteiger partial charge in [-0.2, -0.15) is 0 Å². The van der Waals surface area contributed by atoms with E-state index in [1.54, 1.807) is 24.5 Å². The van der Waals surface area contributed by atoms with Gasteiger partial charge in [-0.15, -0.1) is 0 Å². The minimum Gasteiger partial charge on any atom is -0.322 e. The first kappa shape index (κ1) is 25.3. The molecule has 0 unspecified atom stereocenters. The van der Waals surface area contributed by atoms with E-state index in [2.05, 4.69) is 37.3 Å². The van der Waals surface area contributed by atoms with Crippen molar-refractivity contribution in [3.63, 3.8) is 0 Å². The molecule has 0 spiro atoms. The van der Waals surface area contributed by atoms with Gasteiger partial charge in [0.15, 0.2) is 5.82 Å². The second kappa shape index (κ2) is 11.3. The Morgan fingerprint density at radius 1 is 0.973 bits per heavy atom. The Kier molecular flexibility index (Phi) is 7.74. The fourth-order valence-electron chi connectivity index (χ4n) is 4.60. The van der Waals surface area contributed by atoms with Crippen LogP contribution in [0, 0.1) is 5.82 Å². The summed E-state index contributed by atoms with van der Waals surface area (Å²) in [5, 5.41) is 3.68. The van der Waals surface area contributed by atoms with Crippen LogP contribution >= 0.6 is 23.2 Å². The van der Waals surface area contributed by atoms with Crippen molar-refractivity contribution in [1.82, 2.24) is 19.9 Å². The van der Waals surface area contributed by atoms with Crippen LogP contribution in [0.25, 0.3) is 11.4 Å². The van der Waals surface area contributed by atoms with Crippen molar-refractivity contribution in [3.8, 4) is 11.4 Å². The second-order valence-electron chi connectivity index (χ2n) is 9.03. The van der Waals surface area contributed by atoms with Crippen molar-refractivity contribution in [2.24, 2.45) is 0 Å². The van der Waals surface area contributed by atoms with Gasteiger partial charge in [0, 0.05) is 41.9 Å². The molecule has 1 aliphatic rings. The van der Waals surface area contributed by atoms with Crippen LogP contribution in [0.3, 0.4) is 0 Å². The van der Waals surface area contributed by atoms with Gasteiger partial charge in [-0.05, 0) is 73.3 Å². The van der Waals surface area contributed by atoms with E-state index >= 15 is 0 Å². The van der Waals surface area contributed by atoms with E-state index in [9.17, 15) is 9.18 Å². The van der Waals surface area contributed by atoms with Crippen LogP contribution in [0.4, 0.5) is 10.1 Å². The highest BCUT2D eigenvalue weighted by Gasteiger charge is 2.24. The summed E-state index contributed by atoms with van der Waals surface area (Å²) in [4.78, 5) is 27.6. The van der Waals surface area contributed by atoms with Gasteiger partial charge in [-0.3, -0.25) is 9.69 Å². The first-order chi connectivity index (χ1) is 17.9. The Bertz CT molecular complexity index is 1390. The van der Waals surface area contributed by atoms with Crippen molar-refractivity contribution in [1.29, 1.82) is 0 Å². The molecule has 0 atom stereocenters. The molecule has 6 nitrogen and oxygen atoms in total. The quantitative estimate of drug-likeness (QED) is 0.281. The maximum Gasteiger partial charge on any atom is 0.255 e. The Morgan fingerprint density at radius 3 is 2.41 bits per heavy atom.